The third-order valence-electron chi connectivity index (χ3n) is 2.33. The van der Waals surface area contributed by atoms with E-state index in [4.69, 9.17) is 15.6 Å². The standard InChI is InChI=1S/C8H17NO2/c9-6-8(11-5-4-10)7-2-1-3-7/h7-8,10H,1-6,9H2. The highest BCUT2D eigenvalue weighted by Gasteiger charge is 2.26. The molecule has 3 nitrogen and oxygen atoms in total. The maximum absolute atomic E-state index is 8.52. The predicted molar refractivity (Wildman–Crippen MR) is 43.2 cm³/mol. The van der Waals surface area contributed by atoms with Crippen molar-refractivity contribution in [2.45, 2.75) is 25.4 Å². The first-order valence-electron chi connectivity index (χ1n) is 4.31. The summed E-state index contributed by atoms with van der Waals surface area (Å²) in [5, 5.41) is 8.52. The lowest BCUT2D eigenvalue weighted by Crippen LogP contribution is -2.36. The Morgan fingerprint density at radius 2 is 2.27 bits per heavy atom. The van der Waals surface area contributed by atoms with E-state index < -0.39 is 0 Å². The van der Waals surface area contributed by atoms with Crippen molar-refractivity contribution in [2.75, 3.05) is 19.8 Å². The molecule has 1 fully saturated rings. The van der Waals surface area contributed by atoms with E-state index in [2.05, 4.69) is 0 Å². The Morgan fingerprint density at radius 3 is 2.64 bits per heavy atom. The second kappa shape index (κ2) is 4.70. The minimum Gasteiger partial charge on any atom is -0.394 e. The maximum Gasteiger partial charge on any atom is 0.0726 e. The highest BCUT2D eigenvalue weighted by Crippen LogP contribution is 2.30. The molecule has 0 radical (unpaired) electrons. The van der Waals surface area contributed by atoms with Gasteiger partial charge in [0.05, 0.1) is 19.3 Å². The molecule has 3 N–H and O–H groups in total. The summed E-state index contributed by atoms with van der Waals surface area (Å²) in [6.07, 6.45) is 3.99. The maximum atomic E-state index is 8.52. The molecule has 0 aliphatic heterocycles. The average Bonchev–Trinajstić information content (AvgIpc) is 1.93. The van der Waals surface area contributed by atoms with Gasteiger partial charge in [0.2, 0.25) is 0 Å². The molecule has 66 valence electrons. The molecule has 0 amide bonds. The van der Waals surface area contributed by atoms with Crippen LogP contribution in [-0.2, 0) is 4.74 Å². The molecular weight excluding hydrogens is 142 g/mol. The summed E-state index contributed by atoms with van der Waals surface area (Å²) in [4.78, 5) is 0. The number of hydrogen-bond donors (Lipinski definition) is 2. The molecule has 0 aromatic carbocycles. The molecule has 1 rings (SSSR count). The van der Waals surface area contributed by atoms with Crippen molar-refractivity contribution in [3.05, 3.63) is 0 Å². The Bertz CT molecular complexity index is 104. The van der Waals surface area contributed by atoms with Gasteiger partial charge in [0.1, 0.15) is 0 Å². The molecule has 0 saturated heterocycles. The van der Waals surface area contributed by atoms with Gasteiger partial charge in [-0.3, -0.25) is 0 Å². The summed E-state index contributed by atoms with van der Waals surface area (Å²) in [6.45, 7) is 1.12. The summed E-state index contributed by atoms with van der Waals surface area (Å²) in [6, 6.07) is 0. The van der Waals surface area contributed by atoms with Crippen molar-refractivity contribution in [1.82, 2.24) is 0 Å². The molecule has 3 heteroatoms. The van der Waals surface area contributed by atoms with Crippen LogP contribution in [0.15, 0.2) is 0 Å². The molecule has 0 spiro atoms. The van der Waals surface area contributed by atoms with Crippen LogP contribution in [0.4, 0.5) is 0 Å². The van der Waals surface area contributed by atoms with E-state index in [1.54, 1.807) is 0 Å². The van der Waals surface area contributed by atoms with Gasteiger partial charge in [0.25, 0.3) is 0 Å². The normalized spacial score (nSPS) is 21.3. The van der Waals surface area contributed by atoms with Crippen LogP contribution in [-0.4, -0.2) is 31.0 Å². The summed E-state index contributed by atoms with van der Waals surface area (Å²) in [7, 11) is 0. The Kier molecular flexibility index (Phi) is 3.83. The van der Waals surface area contributed by atoms with E-state index in [1.807, 2.05) is 0 Å². The number of aliphatic hydroxyl groups excluding tert-OH is 1. The number of hydrogen-bond acceptors (Lipinski definition) is 3. The Morgan fingerprint density at radius 1 is 1.55 bits per heavy atom. The van der Waals surface area contributed by atoms with Gasteiger partial charge in [-0.15, -0.1) is 0 Å². The minimum absolute atomic E-state index is 0.100. The zero-order chi connectivity index (χ0) is 8.10. The first kappa shape index (κ1) is 8.97. The molecule has 1 unspecified atom stereocenters. The lowest BCUT2D eigenvalue weighted by atomic mass is 9.81. The molecule has 11 heavy (non-hydrogen) atoms. The molecule has 1 aliphatic carbocycles. The van der Waals surface area contributed by atoms with Crippen molar-refractivity contribution in [1.29, 1.82) is 0 Å². The molecule has 1 saturated carbocycles. The largest absolute Gasteiger partial charge is 0.394 e. The van der Waals surface area contributed by atoms with Crippen molar-refractivity contribution in [3.8, 4) is 0 Å². The molecule has 1 atom stereocenters. The minimum atomic E-state index is 0.100. The van der Waals surface area contributed by atoms with Gasteiger partial charge in [-0.25, -0.2) is 0 Å². The second-order valence-corrected chi connectivity index (χ2v) is 3.06. The quantitative estimate of drug-likeness (QED) is 0.599. The fraction of sp³-hybridized carbons (Fsp3) is 1.00. The van der Waals surface area contributed by atoms with Crippen LogP contribution in [0.3, 0.4) is 0 Å². The lowest BCUT2D eigenvalue weighted by Gasteiger charge is -2.32. The van der Waals surface area contributed by atoms with Crippen LogP contribution in [0, 0.1) is 5.92 Å². The van der Waals surface area contributed by atoms with Gasteiger partial charge in [0, 0.05) is 6.54 Å². The molecular formula is C8H17NO2. The summed E-state index contributed by atoms with van der Waals surface area (Å²) < 4.78 is 5.37. The smallest absolute Gasteiger partial charge is 0.0726 e. The summed E-state index contributed by atoms with van der Waals surface area (Å²) >= 11 is 0. The second-order valence-electron chi connectivity index (χ2n) is 3.06. The number of nitrogens with two attached hydrogens (primary N) is 1. The third-order valence-corrected chi connectivity index (χ3v) is 2.33. The van der Waals surface area contributed by atoms with E-state index in [1.165, 1.54) is 19.3 Å². The molecule has 0 aromatic rings. The Balaban J connectivity index is 2.13. The van der Waals surface area contributed by atoms with Gasteiger partial charge >= 0.3 is 0 Å². The average molecular weight is 159 g/mol. The van der Waals surface area contributed by atoms with Crippen LogP contribution in [0.25, 0.3) is 0 Å². The first-order valence-corrected chi connectivity index (χ1v) is 4.31. The molecule has 0 heterocycles. The fourth-order valence-corrected chi connectivity index (χ4v) is 1.41. The first-order chi connectivity index (χ1) is 5.38. The van der Waals surface area contributed by atoms with Gasteiger partial charge < -0.3 is 15.6 Å². The Hall–Kier alpha value is -0.120. The third kappa shape index (κ3) is 2.43. The Labute approximate surface area is 67.5 Å². The van der Waals surface area contributed by atoms with Crippen molar-refractivity contribution < 1.29 is 9.84 Å². The predicted octanol–water partition coefficient (Wildman–Crippen LogP) is 0.123. The van der Waals surface area contributed by atoms with Gasteiger partial charge in [0.15, 0.2) is 0 Å². The molecule has 1 aliphatic rings. The van der Waals surface area contributed by atoms with Crippen LogP contribution >= 0.6 is 0 Å². The van der Waals surface area contributed by atoms with Crippen LogP contribution < -0.4 is 5.73 Å². The topological polar surface area (TPSA) is 55.5 Å². The van der Waals surface area contributed by atoms with Crippen LogP contribution in [0.2, 0.25) is 0 Å². The van der Waals surface area contributed by atoms with E-state index in [9.17, 15) is 0 Å². The number of aliphatic hydroxyl groups is 1. The number of rotatable bonds is 5. The van der Waals surface area contributed by atoms with Gasteiger partial charge in [-0.05, 0) is 18.8 Å². The van der Waals surface area contributed by atoms with E-state index in [0.29, 0.717) is 19.1 Å². The van der Waals surface area contributed by atoms with Crippen molar-refractivity contribution >= 4 is 0 Å². The lowest BCUT2D eigenvalue weighted by molar-refractivity contribution is -0.0216. The summed E-state index contributed by atoms with van der Waals surface area (Å²) in [5.41, 5.74) is 5.52. The van der Waals surface area contributed by atoms with E-state index in [-0.39, 0.29) is 12.7 Å². The van der Waals surface area contributed by atoms with Gasteiger partial charge in [-0.2, -0.15) is 0 Å². The van der Waals surface area contributed by atoms with Crippen molar-refractivity contribution in [2.24, 2.45) is 11.7 Å². The monoisotopic (exact) mass is 159 g/mol. The molecule has 0 aromatic heterocycles. The van der Waals surface area contributed by atoms with Crippen molar-refractivity contribution in [3.63, 3.8) is 0 Å². The molecule has 0 bridgehead atoms. The summed E-state index contributed by atoms with van der Waals surface area (Å²) in [5.74, 6) is 0.659. The highest BCUT2D eigenvalue weighted by atomic mass is 16.5. The van der Waals surface area contributed by atoms with Crippen LogP contribution in [0.1, 0.15) is 19.3 Å². The van der Waals surface area contributed by atoms with E-state index >= 15 is 0 Å². The zero-order valence-corrected chi connectivity index (χ0v) is 6.83. The SMILES string of the molecule is NCC(OCCO)C1CCC1. The van der Waals surface area contributed by atoms with Gasteiger partial charge in [-0.1, -0.05) is 6.42 Å². The highest BCUT2D eigenvalue weighted by molar-refractivity contribution is 4.78. The zero-order valence-electron chi connectivity index (χ0n) is 6.83. The van der Waals surface area contributed by atoms with E-state index in [0.717, 1.165) is 0 Å². The van der Waals surface area contributed by atoms with Crippen LogP contribution in [0.5, 0.6) is 0 Å². The fourth-order valence-electron chi connectivity index (χ4n) is 1.41. The number of ether oxygens (including phenoxy) is 1.